The lowest BCUT2D eigenvalue weighted by Crippen LogP contribution is -2.38. The van der Waals surface area contributed by atoms with Crippen LogP contribution in [0.2, 0.25) is 0 Å². The van der Waals surface area contributed by atoms with Gasteiger partial charge in [0.1, 0.15) is 6.10 Å². The van der Waals surface area contributed by atoms with Crippen LogP contribution in [0.15, 0.2) is 48.5 Å². The van der Waals surface area contributed by atoms with E-state index in [-0.39, 0.29) is 6.10 Å². The third-order valence-electron chi connectivity index (χ3n) is 4.15. The van der Waals surface area contributed by atoms with Crippen molar-refractivity contribution in [2.75, 3.05) is 24.6 Å². The molecule has 1 unspecified atom stereocenters. The molecule has 1 aliphatic rings. The highest BCUT2D eigenvalue weighted by molar-refractivity contribution is 7.22. The Morgan fingerprint density at radius 3 is 2.82 bits per heavy atom. The number of para-hydroxylation sites is 1. The Morgan fingerprint density at radius 1 is 1.14 bits per heavy atom. The van der Waals surface area contributed by atoms with Crippen molar-refractivity contribution in [1.29, 1.82) is 0 Å². The zero-order valence-corrected chi connectivity index (χ0v) is 13.3. The fraction of sp³-hybridized carbons (Fsp3) is 0.278. The second-order valence-corrected chi connectivity index (χ2v) is 6.64. The average molecular weight is 310 g/mol. The number of hydrogen-bond donors (Lipinski definition) is 0. The van der Waals surface area contributed by atoms with Crippen molar-refractivity contribution in [3.8, 4) is 0 Å². The predicted octanol–water partition coefficient (Wildman–Crippen LogP) is 4.18. The predicted molar refractivity (Wildman–Crippen MR) is 91.7 cm³/mol. The normalized spacial score (nSPS) is 18.8. The van der Waals surface area contributed by atoms with Gasteiger partial charge in [-0.05, 0) is 30.2 Å². The van der Waals surface area contributed by atoms with E-state index in [2.05, 4.69) is 54.3 Å². The zero-order valence-electron chi connectivity index (χ0n) is 12.5. The molecule has 0 aliphatic carbocycles. The second-order valence-electron chi connectivity index (χ2n) is 5.63. The van der Waals surface area contributed by atoms with Crippen molar-refractivity contribution in [3.05, 3.63) is 59.7 Å². The van der Waals surface area contributed by atoms with Crippen LogP contribution >= 0.6 is 11.3 Å². The number of anilines is 1. The molecule has 112 valence electrons. The summed E-state index contributed by atoms with van der Waals surface area (Å²) in [5, 5.41) is 1.10. The monoisotopic (exact) mass is 310 g/mol. The lowest BCUT2D eigenvalue weighted by Gasteiger charge is -2.33. The summed E-state index contributed by atoms with van der Waals surface area (Å²) >= 11 is 1.76. The topological polar surface area (TPSA) is 25.4 Å². The lowest BCUT2D eigenvalue weighted by molar-refractivity contribution is 0.0394. The molecule has 1 fully saturated rings. The van der Waals surface area contributed by atoms with Crippen molar-refractivity contribution >= 4 is 26.7 Å². The Balaban J connectivity index is 1.62. The first-order valence-electron chi connectivity index (χ1n) is 7.59. The molecule has 1 saturated heterocycles. The van der Waals surface area contributed by atoms with Gasteiger partial charge >= 0.3 is 0 Å². The number of fused-ring (bicyclic) bond motifs is 1. The molecule has 4 rings (SSSR count). The molecule has 0 radical (unpaired) electrons. The Hall–Kier alpha value is -1.91. The van der Waals surface area contributed by atoms with E-state index in [0.29, 0.717) is 0 Å². The zero-order chi connectivity index (χ0) is 14.9. The van der Waals surface area contributed by atoms with Crippen molar-refractivity contribution in [1.82, 2.24) is 4.98 Å². The summed E-state index contributed by atoms with van der Waals surface area (Å²) in [6.07, 6.45) is 0.127. The van der Waals surface area contributed by atoms with Crippen LogP contribution in [0.4, 0.5) is 5.13 Å². The lowest BCUT2D eigenvalue weighted by atomic mass is 10.0. The smallest absolute Gasteiger partial charge is 0.186 e. The molecule has 1 atom stereocenters. The highest BCUT2D eigenvalue weighted by Gasteiger charge is 2.25. The molecule has 1 aromatic heterocycles. The van der Waals surface area contributed by atoms with Crippen LogP contribution < -0.4 is 4.90 Å². The van der Waals surface area contributed by atoms with Crippen LogP contribution in [0.3, 0.4) is 0 Å². The van der Waals surface area contributed by atoms with E-state index >= 15 is 0 Å². The van der Waals surface area contributed by atoms with Crippen LogP contribution in [0.5, 0.6) is 0 Å². The molecule has 22 heavy (non-hydrogen) atoms. The first-order valence-corrected chi connectivity index (χ1v) is 8.40. The number of nitrogens with zero attached hydrogens (tertiary/aromatic N) is 2. The fourth-order valence-corrected chi connectivity index (χ4v) is 3.96. The van der Waals surface area contributed by atoms with Gasteiger partial charge in [-0.1, -0.05) is 47.7 Å². The van der Waals surface area contributed by atoms with E-state index in [0.717, 1.165) is 30.3 Å². The van der Waals surface area contributed by atoms with Crippen molar-refractivity contribution in [2.45, 2.75) is 13.0 Å². The number of hydrogen-bond acceptors (Lipinski definition) is 4. The summed E-state index contributed by atoms with van der Waals surface area (Å²) in [5.74, 6) is 0. The number of thiazole rings is 1. The second kappa shape index (κ2) is 5.71. The van der Waals surface area contributed by atoms with Crippen molar-refractivity contribution in [2.24, 2.45) is 0 Å². The van der Waals surface area contributed by atoms with Crippen molar-refractivity contribution < 1.29 is 4.74 Å². The summed E-state index contributed by atoms with van der Waals surface area (Å²) in [4.78, 5) is 7.13. The number of morpholine rings is 1. The molecule has 1 aliphatic heterocycles. The Bertz CT molecular complexity index is 765. The third kappa shape index (κ3) is 2.49. The molecular weight excluding hydrogens is 292 g/mol. The number of ether oxygens (including phenoxy) is 1. The Kier molecular flexibility index (Phi) is 3.56. The maximum absolute atomic E-state index is 6.01. The van der Waals surface area contributed by atoms with Crippen LogP contribution in [0, 0.1) is 6.92 Å². The maximum Gasteiger partial charge on any atom is 0.186 e. The molecule has 0 N–H and O–H groups in total. The van der Waals surface area contributed by atoms with Gasteiger partial charge in [-0.15, -0.1) is 0 Å². The summed E-state index contributed by atoms with van der Waals surface area (Å²) in [6, 6.07) is 16.8. The van der Waals surface area contributed by atoms with Gasteiger partial charge in [0.15, 0.2) is 5.13 Å². The van der Waals surface area contributed by atoms with Crippen LogP contribution in [-0.4, -0.2) is 24.7 Å². The van der Waals surface area contributed by atoms with Gasteiger partial charge in [0.05, 0.1) is 23.4 Å². The minimum Gasteiger partial charge on any atom is -0.370 e. The van der Waals surface area contributed by atoms with Crippen LogP contribution in [-0.2, 0) is 4.74 Å². The molecule has 3 nitrogen and oxygen atoms in total. The van der Waals surface area contributed by atoms with E-state index in [1.54, 1.807) is 11.3 Å². The van der Waals surface area contributed by atoms with E-state index in [9.17, 15) is 0 Å². The van der Waals surface area contributed by atoms with Gasteiger partial charge in [0.25, 0.3) is 0 Å². The van der Waals surface area contributed by atoms with Gasteiger partial charge < -0.3 is 9.64 Å². The van der Waals surface area contributed by atoms with E-state index in [1.165, 1.54) is 15.8 Å². The van der Waals surface area contributed by atoms with Gasteiger partial charge in [0, 0.05) is 6.54 Å². The highest BCUT2D eigenvalue weighted by atomic mass is 32.1. The van der Waals surface area contributed by atoms with Crippen LogP contribution in [0.25, 0.3) is 10.2 Å². The molecule has 2 heterocycles. The fourth-order valence-electron chi connectivity index (χ4n) is 2.95. The molecule has 0 saturated carbocycles. The SMILES string of the molecule is Cc1ccccc1C1CN(c2nc3ccccc3s2)CCO1. The van der Waals surface area contributed by atoms with E-state index in [4.69, 9.17) is 9.72 Å². The average Bonchev–Trinajstić information content (AvgIpc) is 2.99. The summed E-state index contributed by atoms with van der Waals surface area (Å²) in [5.41, 5.74) is 3.66. The van der Waals surface area contributed by atoms with Gasteiger partial charge in [-0.3, -0.25) is 0 Å². The number of aryl methyl sites for hydroxylation is 1. The summed E-state index contributed by atoms with van der Waals surface area (Å²) in [7, 11) is 0. The standard InChI is InChI=1S/C18H18N2OS/c1-13-6-2-3-7-14(13)16-12-20(10-11-21-16)18-19-15-8-4-5-9-17(15)22-18/h2-9,16H,10-12H2,1H3. The quantitative estimate of drug-likeness (QED) is 0.710. The molecule has 0 spiro atoms. The number of rotatable bonds is 2. The number of aromatic nitrogens is 1. The van der Waals surface area contributed by atoms with Gasteiger partial charge in [-0.2, -0.15) is 0 Å². The van der Waals surface area contributed by atoms with Gasteiger partial charge in [-0.25, -0.2) is 4.98 Å². The first-order chi connectivity index (χ1) is 10.8. The highest BCUT2D eigenvalue weighted by Crippen LogP contribution is 2.32. The van der Waals surface area contributed by atoms with Gasteiger partial charge in [0.2, 0.25) is 0 Å². The minimum absolute atomic E-state index is 0.127. The molecule has 3 aromatic rings. The number of benzene rings is 2. The Labute approximate surface area is 134 Å². The van der Waals surface area contributed by atoms with E-state index in [1.807, 2.05) is 6.07 Å². The summed E-state index contributed by atoms with van der Waals surface area (Å²) in [6.45, 7) is 4.66. The summed E-state index contributed by atoms with van der Waals surface area (Å²) < 4.78 is 7.25. The van der Waals surface area contributed by atoms with Crippen molar-refractivity contribution in [3.63, 3.8) is 0 Å². The first kappa shape index (κ1) is 13.7. The molecule has 4 heteroatoms. The molecule has 0 bridgehead atoms. The molecular formula is C18H18N2OS. The maximum atomic E-state index is 6.01. The Morgan fingerprint density at radius 2 is 1.95 bits per heavy atom. The van der Waals surface area contributed by atoms with Crippen LogP contribution in [0.1, 0.15) is 17.2 Å². The largest absolute Gasteiger partial charge is 0.370 e. The van der Waals surface area contributed by atoms with E-state index < -0.39 is 0 Å². The molecule has 0 amide bonds. The minimum atomic E-state index is 0.127. The molecule has 2 aromatic carbocycles. The third-order valence-corrected chi connectivity index (χ3v) is 5.25.